The van der Waals surface area contributed by atoms with E-state index < -0.39 is 0 Å². The molecule has 3 rings (SSSR count). The fraction of sp³-hybridized carbons (Fsp3) is 0.688. The number of hydrazine groups is 1. The van der Waals surface area contributed by atoms with Crippen molar-refractivity contribution in [2.24, 2.45) is 22.6 Å². The molecule has 2 aliphatic carbocycles. The average molecular weight is 275 g/mol. The van der Waals surface area contributed by atoms with Crippen molar-refractivity contribution in [1.82, 2.24) is 4.98 Å². The van der Waals surface area contributed by atoms with Gasteiger partial charge in [0.2, 0.25) is 0 Å². The lowest BCUT2D eigenvalue weighted by Crippen LogP contribution is -2.37. The molecule has 2 fully saturated rings. The molecule has 0 aliphatic heterocycles. The van der Waals surface area contributed by atoms with Gasteiger partial charge < -0.3 is 10.2 Å². The molecule has 3 unspecified atom stereocenters. The Morgan fingerprint density at radius 2 is 2.25 bits per heavy atom. The number of nitrogens with zero attached hydrogens (tertiary/aromatic N) is 1. The molecular weight excluding hydrogens is 250 g/mol. The molecule has 2 saturated carbocycles. The minimum Gasteiger partial charge on any atom is -0.373 e. The summed E-state index contributed by atoms with van der Waals surface area (Å²) in [7, 11) is 0. The Morgan fingerprint density at radius 3 is 2.85 bits per heavy atom. The van der Waals surface area contributed by atoms with E-state index in [1.54, 1.807) is 6.20 Å². The first-order valence-corrected chi connectivity index (χ1v) is 7.51. The van der Waals surface area contributed by atoms with Crippen molar-refractivity contribution < 1.29 is 4.74 Å². The Morgan fingerprint density at radius 1 is 1.45 bits per heavy atom. The molecule has 1 heterocycles. The zero-order valence-electron chi connectivity index (χ0n) is 12.6. The summed E-state index contributed by atoms with van der Waals surface area (Å²) in [6, 6.07) is 3.94. The fourth-order valence-corrected chi connectivity index (χ4v) is 4.26. The van der Waals surface area contributed by atoms with E-state index >= 15 is 0 Å². The molecule has 20 heavy (non-hydrogen) atoms. The van der Waals surface area contributed by atoms with E-state index in [1.807, 2.05) is 12.1 Å². The standard InChI is InChI=1S/C16H25N3O/c1-15(2)12-6-7-16(15,3)13(9-12)20-10-11-5-4-8-18-14(11)19-17/h4-5,8,12-13H,6-7,9-10,17H2,1-3H3,(H,18,19). The highest BCUT2D eigenvalue weighted by Crippen LogP contribution is 2.66. The first kappa shape index (κ1) is 13.8. The number of nitrogen functional groups attached to an aromatic ring is 1. The molecule has 4 nitrogen and oxygen atoms in total. The number of aromatic nitrogens is 1. The SMILES string of the molecule is CC1(C)C2CCC1(C)C(OCc1cccnc1NN)C2. The largest absolute Gasteiger partial charge is 0.373 e. The Bertz CT molecular complexity index is 502. The summed E-state index contributed by atoms with van der Waals surface area (Å²) in [5, 5.41) is 0. The van der Waals surface area contributed by atoms with E-state index in [0.29, 0.717) is 29.4 Å². The van der Waals surface area contributed by atoms with Crippen molar-refractivity contribution in [3.63, 3.8) is 0 Å². The highest BCUT2D eigenvalue weighted by Gasteiger charge is 2.61. The molecule has 0 saturated heterocycles. The molecule has 1 aromatic rings. The smallest absolute Gasteiger partial charge is 0.145 e. The quantitative estimate of drug-likeness (QED) is 0.655. The molecule has 0 amide bonds. The van der Waals surface area contributed by atoms with E-state index in [9.17, 15) is 0 Å². The van der Waals surface area contributed by atoms with Crippen LogP contribution in [0.4, 0.5) is 5.82 Å². The van der Waals surface area contributed by atoms with Crippen molar-refractivity contribution >= 4 is 5.82 Å². The summed E-state index contributed by atoms with van der Waals surface area (Å²) in [6.45, 7) is 7.79. The topological polar surface area (TPSA) is 60.2 Å². The van der Waals surface area contributed by atoms with Gasteiger partial charge in [0, 0.05) is 11.8 Å². The number of hydrogen-bond donors (Lipinski definition) is 2. The van der Waals surface area contributed by atoms with Crippen molar-refractivity contribution in [1.29, 1.82) is 0 Å². The van der Waals surface area contributed by atoms with Crippen molar-refractivity contribution in [3.05, 3.63) is 23.9 Å². The number of nitrogens with one attached hydrogen (secondary N) is 1. The number of fused-ring (bicyclic) bond motifs is 2. The first-order chi connectivity index (χ1) is 9.49. The lowest BCUT2D eigenvalue weighted by molar-refractivity contribution is -0.0549. The van der Waals surface area contributed by atoms with Gasteiger partial charge in [-0.1, -0.05) is 26.8 Å². The van der Waals surface area contributed by atoms with Crippen LogP contribution in [0.1, 0.15) is 45.6 Å². The first-order valence-electron chi connectivity index (χ1n) is 7.51. The molecule has 3 atom stereocenters. The Balaban J connectivity index is 1.71. The molecule has 2 bridgehead atoms. The molecule has 0 radical (unpaired) electrons. The highest BCUT2D eigenvalue weighted by atomic mass is 16.5. The summed E-state index contributed by atoms with van der Waals surface area (Å²) in [4.78, 5) is 4.22. The maximum Gasteiger partial charge on any atom is 0.145 e. The van der Waals surface area contributed by atoms with Gasteiger partial charge in [-0.05, 0) is 42.1 Å². The highest BCUT2D eigenvalue weighted by molar-refractivity contribution is 5.41. The molecule has 1 aromatic heterocycles. The van der Waals surface area contributed by atoms with Crippen LogP contribution in [0.3, 0.4) is 0 Å². The molecule has 110 valence electrons. The second-order valence-corrected chi connectivity index (χ2v) is 7.07. The predicted molar refractivity (Wildman–Crippen MR) is 79.9 cm³/mol. The van der Waals surface area contributed by atoms with Crippen LogP contribution >= 0.6 is 0 Å². The third-order valence-electron chi connectivity index (χ3n) is 6.18. The van der Waals surface area contributed by atoms with Crippen LogP contribution in [-0.4, -0.2) is 11.1 Å². The maximum atomic E-state index is 6.27. The zero-order chi connectivity index (χ0) is 14.4. The zero-order valence-corrected chi connectivity index (χ0v) is 12.6. The van der Waals surface area contributed by atoms with Crippen LogP contribution in [-0.2, 0) is 11.3 Å². The number of ether oxygens (including phenoxy) is 1. The summed E-state index contributed by atoms with van der Waals surface area (Å²) in [5.41, 5.74) is 4.36. The molecule has 3 N–H and O–H groups in total. The Labute approximate surface area is 121 Å². The van der Waals surface area contributed by atoms with E-state index in [1.165, 1.54) is 19.3 Å². The second-order valence-electron chi connectivity index (χ2n) is 7.07. The van der Waals surface area contributed by atoms with Crippen LogP contribution in [0.5, 0.6) is 0 Å². The fourth-order valence-electron chi connectivity index (χ4n) is 4.26. The van der Waals surface area contributed by atoms with Gasteiger partial charge in [-0.3, -0.25) is 0 Å². The lowest BCUT2D eigenvalue weighted by atomic mass is 9.70. The monoisotopic (exact) mass is 275 g/mol. The Hall–Kier alpha value is -1.13. The third-order valence-corrected chi connectivity index (χ3v) is 6.18. The number of nitrogens with two attached hydrogens (primary N) is 1. The van der Waals surface area contributed by atoms with Crippen molar-refractivity contribution in [2.75, 3.05) is 5.43 Å². The third kappa shape index (κ3) is 1.85. The second kappa shape index (κ2) is 4.71. The summed E-state index contributed by atoms with van der Waals surface area (Å²) >= 11 is 0. The van der Waals surface area contributed by atoms with Gasteiger partial charge in [0.05, 0.1) is 12.7 Å². The Kier molecular flexibility index (Phi) is 3.26. The van der Waals surface area contributed by atoms with Crippen molar-refractivity contribution in [3.8, 4) is 0 Å². The van der Waals surface area contributed by atoms with Crippen molar-refractivity contribution in [2.45, 2.75) is 52.7 Å². The predicted octanol–water partition coefficient (Wildman–Crippen LogP) is 3.10. The molecule has 0 aromatic carbocycles. The normalized spacial score (nSPS) is 34.4. The van der Waals surface area contributed by atoms with E-state index in [4.69, 9.17) is 10.6 Å². The minimum atomic E-state index is 0.302. The van der Waals surface area contributed by atoms with Gasteiger partial charge in [0.15, 0.2) is 0 Å². The van der Waals surface area contributed by atoms with Crippen LogP contribution < -0.4 is 11.3 Å². The van der Waals surface area contributed by atoms with Gasteiger partial charge in [-0.25, -0.2) is 10.8 Å². The van der Waals surface area contributed by atoms with Crippen LogP contribution in [0.25, 0.3) is 0 Å². The van der Waals surface area contributed by atoms with Gasteiger partial charge in [-0.15, -0.1) is 0 Å². The summed E-state index contributed by atoms with van der Waals surface area (Å²) in [5.74, 6) is 7.01. The van der Waals surface area contributed by atoms with Crippen LogP contribution in [0.15, 0.2) is 18.3 Å². The van der Waals surface area contributed by atoms with Crippen LogP contribution in [0.2, 0.25) is 0 Å². The van der Waals surface area contributed by atoms with Gasteiger partial charge >= 0.3 is 0 Å². The van der Waals surface area contributed by atoms with Gasteiger partial charge in [0.25, 0.3) is 0 Å². The van der Waals surface area contributed by atoms with E-state index in [2.05, 4.69) is 31.2 Å². The lowest BCUT2D eigenvalue weighted by Gasteiger charge is -2.39. The maximum absolute atomic E-state index is 6.27. The average Bonchev–Trinajstić information content (AvgIpc) is 2.78. The summed E-state index contributed by atoms with van der Waals surface area (Å²) < 4.78 is 6.27. The molecular formula is C16H25N3O. The summed E-state index contributed by atoms with van der Waals surface area (Å²) in [6.07, 6.45) is 5.91. The molecule has 2 aliphatic rings. The number of hydrogen-bond acceptors (Lipinski definition) is 4. The van der Waals surface area contributed by atoms with E-state index in [0.717, 1.165) is 11.5 Å². The van der Waals surface area contributed by atoms with E-state index in [-0.39, 0.29) is 0 Å². The van der Waals surface area contributed by atoms with Gasteiger partial charge in [-0.2, -0.15) is 0 Å². The molecule has 4 heteroatoms. The number of anilines is 1. The molecule has 0 spiro atoms. The minimum absolute atomic E-state index is 0.302. The van der Waals surface area contributed by atoms with Crippen LogP contribution in [0, 0.1) is 16.7 Å². The number of pyridine rings is 1. The number of rotatable bonds is 4. The van der Waals surface area contributed by atoms with Gasteiger partial charge in [0.1, 0.15) is 5.82 Å².